The number of methoxy groups -OCH3 is 2. The molecule has 3 N–H and O–H groups in total. The van der Waals surface area contributed by atoms with Crippen LogP contribution in [0.1, 0.15) is 54.4 Å². The number of aliphatic carboxylic acids is 1. The number of carboxylic acids is 1. The van der Waals surface area contributed by atoms with Crippen LogP contribution in [0.2, 0.25) is 5.02 Å². The van der Waals surface area contributed by atoms with Gasteiger partial charge in [-0.3, -0.25) is 9.36 Å². The molecule has 0 aliphatic carbocycles. The third-order valence-corrected chi connectivity index (χ3v) is 5.53. The van der Waals surface area contributed by atoms with Gasteiger partial charge in [-0.2, -0.15) is 0 Å². The molecule has 3 aromatic rings. The van der Waals surface area contributed by atoms with Gasteiger partial charge in [-0.1, -0.05) is 23.7 Å². The summed E-state index contributed by atoms with van der Waals surface area (Å²) in [5, 5.41) is 18.5. The summed E-state index contributed by atoms with van der Waals surface area (Å²) in [7, 11) is 3.08. The van der Waals surface area contributed by atoms with E-state index in [-0.39, 0.29) is 18.8 Å². The van der Waals surface area contributed by atoms with E-state index in [2.05, 4.69) is 10.2 Å². The molecule has 0 spiro atoms. The van der Waals surface area contributed by atoms with Crippen molar-refractivity contribution < 1.29 is 24.1 Å². The van der Waals surface area contributed by atoms with Crippen molar-refractivity contribution >= 4 is 30.0 Å². The molecular formula is C22H24Cl2N4O5. The van der Waals surface area contributed by atoms with E-state index in [0.29, 0.717) is 45.0 Å². The summed E-state index contributed by atoms with van der Waals surface area (Å²) < 4.78 is 19.3. The fourth-order valence-corrected chi connectivity index (χ4v) is 4.13. The van der Waals surface area contributed by atoms with Crippen molar-refractivity contribution in [1.82, 2.24) is 14.8 Å². The Kier molecular flexibility index (Phi) is 7.48. The van der Waals surface area contributed by atoms with Gasteiger partial charge >= 0.3 is 5.97 Å². The normalized spacial score (nSPS) is 17.7. The highest BCUT2D eigenvalue weighted by molar-refractivity contribution is 6.30. The number of hydrogen-bond donors (Lipinski definition) is 2. The van der Waals surface area contributed by atoms with Crippen LogP contribution in [0.3, 0.4) is 0 Å². The van der Waals surface area contributed by atoms with Crippen molar-refractivity contribution in [3.8, 4) is 17.2 Å². The molecule has 11 heteroatoms. The molecule has 0 amide bonds. The van der Waals surface area contributed by atoms with Crippen LogP contribution in [0.15, 0.2) is 36.4 Å². The van der Waals surface area contributed by atoms with E-state index in [0.717, 1.165) is 0 Å². The SMILES string of the molecule is COc1cccc(C2OC(CC(=O)O)c3nnc([C@H](C)N)n3-c3ccc(Cl)cc32)c1OC.Cl. The van der Waals surface area contributed by atoms with Gasteiger partial charge in [-0.25, -0.2) is 0 Å². The predicted octanol–water partition coefficient (Wildman–Crippen LogP) is 4.01. The molecule has 9 nitrogen and oxygen atoms in total. The minimum atomic E-state index is -1.03. The molecule has 3 atom stereocenters. The Morgan fingerprint density at radius 1 is 1.24 bits per heavy atom. The molecule has 0 fully saturated rings. The maximum Gasteiger partial charge on any atom is 0.306 e. The quantitative estimate of drug-likeness (QED) is 0.526. The number of ether oxygens (including phenoxy) is 3. The van der Waals surface area contributed by atoms with Gasteiger partial charge in [0.05, 0.1) is 32.4 Å². The summed E-state index contributed by atoms with van der Waals surface area (Å²) in [6, 6.07) is 10.3. The number of para-hydroxylation sites is 1. The number of benzene rings is 2. The van der Waals surface area contributed by atoms with Crippen LogP contribution >= 0.6 is 24.0 Å². The third kappa shape index (κ3) is 4.49. The number of hydrogen-bond acceptors (Lipinski definition) is 7. The molecule has 176 valence electrons. The lowest BCUT2D eigenvalue weighted by Crippen LogP contribution is -2.16. The lowest BCUT2D eigenvalue weighted by molar-refractivity contribution is -0.141. The van der Waals surface area contributed by atoms with Gasteiger partial charge < -0.3 is 25.1 Å². The fraction of sp³-hybridized carbons (Fsp3) is 0.318. The average molecular weight is 495 g/mol. The van der Waals surface area contributed by atoms with Crippen molar-refractivity contribution in [2.45, 2.75) is 31.6 Å². The molecule has 2 unspecified atom stereocenters. The maximum atomic E-state index is 11.7. The summed E-state index contributed by atoms with van der Waals surface area (Å²) in [5.74, 6) is 0.803. The highest BCUT2D eigenvalue weighted by Gasteiger charge is 2.37. The van der Waals surface area contributed by atoms with Gasteiger partial charge in [0.2, 0.25) is 0 Å². The van der Waals surface area contributed by atoms with Gasteiger partial charge in [0, 0.05) is 16.1 Å². The predicted molar refractivity (Wildman–Crippen MR) is 124 cm³/mol. The fourth-order valence-electron chi connectivity index (χ4n) is 3.95. The van der Waals surface area contributed by atoms with Crippen LogP contribution in [-0.4, -0.2) is 40.1 Å². The Balaban J connectivity index is 0.00000306. The van der Waals surface area contributed by atoms with E-state index in [1.165, 1.54) is 7.11 Å². The summed E-state index contributed by atoms with van der Waals surface area (Å²) in [5.41, 5.74) is 8.21. The van der Waals surface area contributed by atoms with Crippen molar-refractivity contribution in [1.29, 1.82) is 0 Å². The minimum absolute atomic E-state index is 0. The average Bonchev–Trinajstić information content (AvgIpc) is 3.16. The second-order valence-electron chi connectivity index (χ2n) is 7.43. The van der Waals surface area contributed by atoms with Crippen molar-refractivity contribution in [3.63, 3.8) is 0 Å². The van der Waals surface area contributed by atoms with Gasteiger partial charge in [0.15, 0.2) is 23.1 Å². The lowest BCUT2D eigenvalue weighted by Gasteiger charge is -2.24. The second kappa shape index (κ2) is 9.96. The van der Waals surface area contributed by atoms with Crippen molar-refractivity contribution in [2.75, 3.05) is 14.2 Å². The topological polar surface area (TPSA) is 122 Å². The number of rotatable bonds is 6. The number of nitrogens with two attached hydrogens (primary N) is 1. The molecule has 0 saturated heterocycles. The van der Waals surface area contributed by atoms with Crippen LogP contribution in [0, 0.1) is 0 Å². The van der Waals surface area contributed by atoms with Crippen LogP contribution < -0.4 is 15.2 Å². The summed E-state index contributed by atoms with van der Waals surface area (Å²) in [6.45, 7) is 1.79. The number of carbonyl (C=O) groups is 1. The van der Waals surface area contributed by atoms with E-state index in [1.54, 1.807) is 36.8 Å². The standard InChI is InChI=1S/C22H23ClN4O5.ClH/c1-11(24)21-25-26-22-17(10-18(28)29)32-19(13-5-4-6-16(30-2)20(13)31-3)14-9-12(23)7-8-15(14)27(21)22;/h4-9,11,17,19H,10,24H2,1-3H3,(H,28,29);1H/t11-,17?,19?;/m0./s1. The molecule has 4 rings (SSSR count). The Hall–Kier alpha value is -2.85. The first kappa shape index (κ1) is 24.8. The molecule has 1 aliphatic heterocycles. The van der Waals surface area contributed by atoms with Crippen molar-refractivity contribution in [3.05, 3.63) is 64.2 Å². The number of halogens is 2. The van der Waals surface area contributed by atoms with E-state index >= 15 is 0 Å². The lowest BCUT2D eigenvalue weighted by atomic mass is 9.98. The zero-order valence-electron chi connectivity index (χ0n) is 18.2. The van der Waals surface area contributed by atoms with E-state index in [4.69, 9.17) is 31.5 Å². The number of carboxylic acid groups (broad SMARTS) is 1. The molecule has 0 bridgehead atoms. The van der Waals surface area contributed by atoms with Crippen molar-refractivity contribution in [2.24, 2.45) is 5.73 Å². The van der Waals surface area contributed by atoms with Crippen LogP contribution in [0.5, 0.6) is 11.5 Å². The third-order valence-electron chi connectivity index (χ3n) is 5.30. The number of fused-ring (bicyclic) bond motifs is 3. The van der Waals surface area contributed by atoms with Gasteiger partial charge in [0.25, 0.3) is 0 Å². The van der Waals surface area contributed by atoms with Gasteiger partial charge in [-0.05, 0) is 31.2 Å². The highest BCUT2D eigenvalue weighted by Crippen LogP contribution is 2.46. The Morgan fingerprint density at radius 3 is 2.64 bits per heavy atom. The summed E-state index contributed by atoms with van der Waals surface area (Å²) in [4.78, 5) is 11.7. The smallest absolute Gasteiger partial charge is 0.306 e. The second-order valence-corrected chi connectivity index (χ2v) is 7.87. The van der Waals surface area contributed by atoms with Gasteiger partial charge in [0.1, 0.15) is 12.2 Å². The molecule has 1 aliphatic rings. The molecule has 2 heterocycles. The Bertz CT molecular complexity index is 1170. The first-order valence-electron chi connectivity index (χ1n) is 9.94. The highest BCUT2D eigenvalue weighted by atomic mass is 35.5. The minimum Gasteiger partial charge on any atom is -0.493 e. The molecule has 2 aromatic carbocycles. The molecule has 1 aromatic heterocycles. The van der Waals surface area contributed by atoms with E-state index in [9.17, 15) is 9.90 Å². The zero-order valence-corrected chi connectivity index (χ0v) is 19.8. The Labute approximate surface area is 201 Å². The molecule has 0 saturated carbocycles. The summed E-state index contributed by atoms with van der Waals surface area (Å²) >= 11 is 6.37. The van der Waals surface area contributed by atoms with Crippen LogP contribution in [0.4, 0.5) is 0 Å². The molecule has 0 radical (unpaired) electrons. The van der Waals surface area contributed by atoms with Crippen LogP contribution in [0.25, 0.3) is 5.69 Å². The maximum absolute atomic E-state index is 11.7. The first-order valence-corrected chi connectivity index (χ1v) is 10.3. The monoisotopic (exact) mass is 494 g/mol. The zero-order chi connectivity index (χ0) is 23.0. The van der Waals surface area contributed by atoms with E-state index in [1.807, 2.05) is 18.2 Å². The van der Waals surface area contributed by atoms with Crippen LogP contribution in [-0.2, 0) is 9.53 Å². The Morgan fingerprint density at radius 2 is 2.00 bits per heavy atom. The molecular weight excluding hydrogens is 471 g/mol. The summed E-state index contributed by atoms with van der Waals surface area (Å²) in [6.07, 6.45) is -1.94. The first-order chi connectivity index (χ1) is 15.3. The number of nitrogens with zero attached hydrogens (tertiary/aromatic N) is 3. The van der Waals surface area contributed by atoms with Gasteiger partial charge in [-0.15, -0.1) is 22.6 Å². The largest absolute Gasteiger partial charge is 0.493 e. The molecule has 33 heavy (non-hydrogen) atoms. The van der Waals surface area contributed by atoms with E-state index < -0.39 is 24.2 Å². The number of aromatic nitrogens is 3.